The molecule has 1 aromatic heterocycles. The minimum absolute atomic E-state index is 0.239. The van der Waals surface area contributed by atoms with Crippen LogP contribution in [0.15, 0.2) is 102 Å². The van der Waals surface area contributed by atoms with Crippen molar-refractivity contribution >= 4 is 17.2 Å². The molecule has 1 heterocycles. The topological polar surface area (TPSA) is 34.4 Å². The first-order valence-corrected chi connectivity index (χ1v) is 9.10. The summed E-state index contributed by atoms with van der Waals surface area (Å²) in [6, 6.07) is 29.2. The number of carbonyl (C=O) groups excluding carboxylic acids is 1. The Balaban J connectivity index is 1.86. The van der Waals surface area contributed by atoms with Crippen LogP contribution in [0.1, 0.15) is 10.4 Å². The van der Waals surface area contributed by atoms with Crippen molar-refractivity contribution in [3.63, 3.8) is 0 Å². The lowest BCUT2D eigenvalue weighted by molar-refractivity contribution is 0.0998. The molecule has 26 heavy (non-hydrogen) atoms. The molecule has 126 valence electrons. The van der Waals surface area contributed by atoms with Crippen LogP contribution in [0.2, 0.25) is 0 Å². The Morgan fingerprint density at radius 3 is 2.00 bits per heavy atom. The number of carbonyl (C=O) groups is 1. The van der Waals surface area contributed by atoms with Crippen LogP contribution in [0, 0.1) is 0 Å². The van der Waals surface area contributed by atoms with Crippen LogP contribution in [-0.4, -0.2) is 10.5 Å². The van der Waals surface area contributed by atoms with Crippen molar-refractivity contribution in [1.29, 1.82) is 0 Å². The van der Waals surface area contributed by atoms with Crippen LogP contribution in [-0.2, 0) is 0 Å². The lowest BCUT2D eigenvalue weighted by atomic mass is 10.2. The summed E-state index contributed by atoms with van der Waals surface area (Å²) in [6.07, 6.45) is 2.03. The first-order chi connectivity index (χ1) is 12.8. The van der Waals surface area contributed by atoms with Gasteiger partial charge in [-0.05, 0) is 29.8 Å². The maximum atomic E-state index is 12.6. The number of para-hydroxylation sites is 1. The highest BCUT2D eigenvalue weighted by molar-refractivity contribution is 7.12. The molecule has 0 fully saturated rings. The van der Waals surface area contributed by atoms with Gasteiger partial charge in [0.15, 0.2) is 4.80 Å². The van der Waals surface area contributed by atoms with E-state index in [1.807, 2.05) is 77.5 Å². The van der Waals surface area contributed by atoms with Gasteiger partial charge in [-0.15, -0.1) is 0 Å². The molecule has 0 bridgehead atoms. The normalized spacial score (nSPS) is 11.5. The van der Waals surface area contributed by atoms with Crippen molar-refractivity contribution in [2.24, 2.45) is 4.99 Å². The zero-order valence-electron chi connectivity index (χ0n) is 13.9. The smallest absolute Gasteiger partial charge is 0.279 e. The number of aromatic nitrogens is 1. The van der Waals surface area contributed by atoms with E-state index >= 15 is 0 Å². The Kier molecular flexibility index (Phi) is 4.58. The summed E-state index contributed by atoms with van der Waals surface area (Å²) in [7, 11) is 0. The lowest BCUT2D eigenvalue weighted by Crippen LogP contribution is -2.14. The summed E-state index contributed by atoms with van der Waals surface area (Å²) in [6.45, 7) is 0. The third-order valence-corrected chi connectivity index (χ3v) is 5.00. The van der Waals surface area contributed by atoms with Crippen LogP contribution in [0.4, 0.5) is 0 Å². The third-order valence-electron chi connectivity index (χ3n) is 3.96. The molecule has 0 atom stereocenters. The first kappa shape index (κ1) is 16.2. The predicted molar refractivity (Wildman–Crippen MR) is 105 cm³/mol. The van der Waals surface area contributed by atoms with Gasteiger partial charge in [-0.2, -0.15) is 4.99 Å². The van der Waals surface area contributed by atoms with E-state index in [1.165, 1.54) is 11.3 Å². The van der Waals surface area contributed by atoms with Gasteiger partial charge < -0.3 is 0 Å². The van der Waals surface area contributed by atoms with E-state index in [0.717, 1.165) is 16.1 Å². The molecule has 4 rings (SSSR count). The fourth-order valence-electron chi connectivity index (χ4n) is 2.66. The van der Waals surface area contributed by atoms with Gasteiger partial charge in [-0.1, -0.05) is 78.1 Å². The Morgan fingerprint density at radius 2 is 1.35 bits per heavy atom. The molecule has 0 aliphatic carbocycles. The monoisotopic (exact) mass is 356 g/mol. The predicted octanol–water partition coefficient (Wildman–Crippen LogP) is 4.95. The van der Waals surface area contributed by atoms with Crippen LogP contribution < -0.4 is 4.80 Å². The third kappa shape index (κ3) is 3.41. The average molecular weight is 356 g/mol. The Bertz CT molecular complexity index is 1080. The second-order valence-corrected chi connectivity index (χ2v) is 6.74. The zero-order valence-corrected chi connectivity index (χ0v) is 14.8. The molecular weight excluding hydrogens is 340 g/mol. The van der Waals surface area contributed by atoms with Crippen LogP contribution >= 0.6 is 11.3 Å². The molecule has 1 amide bonds. The molecule has 0 spiro atoms. The highest BCUT2D eigenvalue weighted by atomic mass is 32.1. The minimum Gasteiger partial charge on any atom is -0.292 e. The molecule has 0 unspecified atom stereocenters. The molecule has 0 N–H and O–H groups in total. The first-order valence-electron chi connectivity index (χ1n) is 8.29. The van der Waals surface area contributed by atoms with E-state index in [-0.39, 0.29) is 5.91 Å². The van der Waals surface area contributed by atoms with Gasteiger partial charge in [0.05, 0.1) is 4.88 Å². The second-order valence-electron chi connectivity index (χ2n) is 5.73. The molecule has 0 saturated carbocycles. The molecule has 0 aliphatic rings. The molecule has 0 radical (unpaired) electrons. The van der Waals surface area contributed by atoms with Gasteiger partial charge in [-0.25, -0.2) is 0 Å². The molecule has 4 aromatic rings. The second kappa shape index (κ2) is 7.33. The number of hydrogen-bond donors (Lipinski definition) is 0. The molecule has 3 aromatic carbocycles. The average Bonchev–Trinajstić information content (AvgIpc) is 3.14. The molecular formula is C22H16N2OS. The summed E-state index contributed by atoms with van der Waals surface area (Å²) in [5, 5.41) is 0. The van der Waals surface area contributed by atoms with Crippen molar-refractivity contribution in [3.05, 3.63) is 108 Å². The maximum Gasteiger partial charge on any atom is 0.279 e. The van der Waals surface area contributed by atoms with E-state index in [2.05, 4.69) is 17.1 Å². The number of thiazole rings is 1. The number of nitrogens with zero attached hydrogens (tertiary/aromatic N) is 2. The highest BCUT2D eigenvalue weighted by Gasteiger charge is 2.09. The lowest BCUT2D eigenvalue weighted by Gasteiger charge is -2.02. The van der Waals surface area contributed by atoms with Crippen LogP contribution in [0.5, 0.6) is 0 Å². The Hall–Kier alpha value is -3.24. The Morgan fingerprint density at radius 1 is 0.769 bits per heavy atom. The van der Waals surface area contributed by atoms with Crippen LogP contribution in [0.3, 0.4) is 0 Å². The SMILES string of the molecule is O=C(N=c1sc(-c2ccccc2)cn1-c1ccccc1)c1ccccc1. The van der Waals surface area contributed by atoms with Crippen molar-refractivity contribution in [2.75, 3.05) is 0 Å². The van der Waals surface area contributed by atoms with Crippen LogP contribution in [0.25, 0.3) is 16.1 Å². The summed E-state index contributed by atoms with van der Waals surface area (Å²) < 4.78 is 1.97. The molecule has 0 aliphatic heterocycles. The highest BCUT2D eigenvalue weighted by Crippen LogP contribution is 2.23. The standard InChI is InChI=1S/C22H16N2OS/c25-21(18-12-6-2-7-13-18)23-22-24(19-14-8-3-9-15-19)16-20(26-22)17-10-4-1-5-11-17/h1-16H. The van der Waals surface area contributed by atoms with Crippen molar-refractivity contribution in [3.8, 4) is 16.1 Å². The van der Waals surface area contributed by atoms with E-state index in [4.69, 9.17) is 0 Å². The van der Waals surface area contributed by atoms with Gasteiger partial charge in [0.2, 0.25) is 0 Å². The molecule has 0 saturated heterocycles. The van der Waals surface area contributed by atoms with Gasteiger partial charge in [-0.3, -0.25) is 9.36 Å². The fourth-order valence-corrected chi connectivity index (χ4v) is 3.66. The van der Waals surface area contributed by atoms with Gasteiger partial charge in [0.25, 0.3) is 5.91 Å². The number of hydrogen-bond acceptors (Lipinski definition) is 2. The Labute approximate surface area is 155 Å². The zero-order chi connectivity index (χ0) is 17.8. The van der Waals surface area contributed by atoms with Crippen molar-refractivity contribution < 1.29 is 4.79 Å². The summed E-state index contributed by atoms with van der Waals surface area (Å²) >= 11 is 1.51. The largest absolute Gasteiger partial charge is 0.292 e. The summed E-state index contributed by atoms with van der Waals surface area (Å²) in [5.41, 5.74) is 2.67. The van der Waals surface area contributed by atoms with E-state index in [1.54, 1.807) is 12.1 Å². The number of benzene rings is 3. The summed E-state index contributed by atoms with van der Waals surface area (Å²) in [4.78, 5) is 18.7. The molecule has 3 nitrogen and oxygen atoms in total. The number of rotatable bonds is 3. The van der Waals surface area contributed by atoms with Gasteiger partial charge in [0.1, 0.15) is 0 Å². The fraction of sp³-hybridized carbons (Fsp3) is 0. The van der Waals surface area contributed by atoms with Crippen molar-refractivity contribution in [2.45, 2.75) is 0 Å². The van der Waals surface area contributed by atoms with E-state index < -0.39 is 0 Å². The van der Waals surface area contributed by atoms with Crippen molar-refractivity contribution in [1.82, 2.24) is 4.57 Å². The quantitative estimate of drug-likeness (QED) is 0.511. The van der Waals surface area contributed by atoms with Gasteiger partial charge >= 0.3 is 0 Å². The van der Waals surface area contributed by atoms with E-state index in [9.17, 15) is 4.79 Å². The maximum absolute atomic E-state index is 12.6. The van der Waals surface area contributed by atoms with E-state index in [0.29, 0.717) is 10.4 Å². The minimum atomic E-state index is -0.239. The number of amides is 1. The summed E-state index contributed by atoms with van der Waals surface area (Å²) in [5.74, 6) is -0.239. The van der Waals surface area contributed by atoms with Gasteiger partial charge in [0, 0.05) is 17.4 Å². The molecule has 4 heteroatoms.